The molecule has 0 spiro atoms. The molecule has 1 fully saturated rings. The second-order valence-corrected chi connectivity index (χ2v) is 4.40. The van der Waals surface area contributed by atoms with Gasteiger partial charge >= 0.3 is 6.09 Å². The van der Waals surface area contributed by atoms with Crippen molar-refractivity contribution in [1.82, 2.24) is 4.90 Å². The zero-order chi connectivity index (χ0) is 11.3. The summed E-state index contributed by atoms with van der Waals surface area (Å²) in [6.07, 6.45) is 3.74. The van der Waals surface area contributed by atoms with Gasteiger partial charge in [0.15, 0.2) is 0 Å². The van der Waals surface area contributed by atoms with Crippen LogP contribution in [0.15, 0.2) is 12.7 Å². The Morgan fingerprint density at radius 3 is 3.00 bits per heavy atom. The van der Waals surface area contributed by atoms with Crippen molar-refractivity contribution in [1.29, 1.82) is 0 Å². The van der Waals surface area contributed by atoms with Gasteiger partial charge in [-0.3, -0.25) is 4.79 Å². The highest BCUT2D eigenvalue weighted by Crippen LogP contribution is 2.16. The van der Waals surface area contributed by atoms with E-state index >= 15 is 0 Å². The predicted molar refractivity (Wildman–Crippen MR) is 59.8 cm³/mol. The van der Waals surface area contributed by atoms with Gasteiger partial charge in [0.1, 0.15) is 6.61 Å². The lowest BCUT2D eigenvalue weighted by atomic mass is 10.2. The lowest BCUT2D eigenvalue weighted by Crippen LogP contribution is -2.37. The number of amides is 2. The maximum absolute atomic E-state index is 11.7. The van der Waals surface area contributed by atoms with Crippen LogP contribution in [0.1, 0.15) is 19.3 Å². The summed E-state index contributed by atoms with van der Waals surface area (Å²) < 4.78 is 4.69. The number of carbonyl (C=O) groups is 2. The molecule has 1 heterocycles. The standard InChI is InChI=1S/C10H14BrNO3/c1-2-3-4-5-8(11)9(13)12-6-7-15-10(12)14/h2,8H,1,3-7H2. The van der Waals surface area contributed by atoms with Crippen molar-refractivity contribution in [2.24, 2.45) is 0 Å². The van der Waals surface area contributed by atoms with Gasteiger partial charge in [0.2, 0.25) is 5.91 Å². The van der Waals surface area contributed by atoms with Gasteiger partial charge < -0.3 is 4.74 Å². The summed E-state index contributed by atoms with van der Waals surface area (Å²) in [6, 6.07) is 0. The minimum Gasteiger partial charge on any atom is -0.447 e. The Kier molecular flexibility index (Phi) is 4.81. The molecule has 0 aromatic heterocycles. The van der Waals surface area contributed by atoms with E-state index in [0.29, 0.717) is 19.6 Å². The van der Waals surface area contributed by atoms with Crippen LogP contribution in [0.25, 0.3) is 0 Å². The van der Waals surface area contributed by atoms with Crippen molar-refractivity contribution in [2.75, 3.05) is 13.2 Å². The number of nitrogens with zero attached hydrogens (tertiary/aromatic N) is 1. The fraction of sp³-hybridized carbons (Fsp3) is 0.600. The number of imide groups is 1. The maximum Gasteiger partial charge on any atom is 0.416 e. The number of cyclic esters (lactones) is 1. The Morgan fingerprint density at radius 1 is 1.73 bits per heavy atom. The second-order valence-electron chi connectivity index (χ2n) is 3.29. The number of ether oxygens (including phenoxy) is 1. The van der Waals surface area contributed by atoms with E-state index in [2.05, 4.69) is 22.5 Å². The quantitative estimate of drug-likeness (QED) is 0.439. The Bertz CT molecular complexity index is 267. The van der Waals surface area contributed by atoms with Crippen molar-refractivity contribution in [3.05, 3.63) is 12.7 Å². The number of halogens is 1. The largest absolute Gasteiger partial charge is 0.447 e. The third kappa shape index (κ3) is 3.34. The number of carbonyl (C=O) groups excluding carboxylic acids is 2. The summed E-state index contributed by atoms with van der Waals surface area (Å²) in [5, 5.41) is 0. The molecule has 1 aliphatic heterocycles. The molecule has 1 rings (SSSR count). The van der Waals surface area contributed by atoms with Crippen LogP contribution in [0.5, 0.6) is 0 Å². The molecule has 0 aromatic rings. The Morgan fingerprint density at radius 2 is 2.47 bits per heavy atom. The first kappa shape index (κ1) is 12.2. The molecule has 5 heteroatoms. The summed E-state index contributed by atoms with van der Waals surface area (Å²) in [6.45, 7) is 4.27. The van der Waals surface area contributed by atoms with Gasteiger partial charge in [0.25, 0.3) is 0 Å². The summed E-state index contributed by atoms with van der Waals surface area (Å²) in [4.78, 5) is 23.6. The Hall–Kier alpha value is -0.840. The minimum absolute atomic E-state index is 0.207. The van der Waals surface area contributed by atoms with E-state index in [1.807, 2.05) is 6.08 Å². The monoisotopic (exact) mass is 275 g/mol. The average molecular weight is 276 g/mol. The van der Waals surface area contributed by atoms with Crippen LogP contribution >= 0.6 is 15.9 Å². The van der Waals surface area contributed by atoms with Crippen molar-refractivity contribution in [3.63, 3.8) is 0 Å². The lowest BCUT2D eigenvalue weighted by Gasteiger charge is -2.14. The van der Waals surface area contributed by atoms with Crippen LogP contribution in [0, 0.1) is 0 Å². The van der Waals surface area contributed by atoms with Crippen LogP contribution in [-0.4, -0.2) is 34.9 Å². The van der Waals surface area contributed by atoms with Gasteiger partial charge in [0, 0.05) is 0 Å². The van der Waals surface area contributed by atoms with E-state index in [-0.39, 0.29) is 10.7 Å². The van der Waals surface area contributed by atoms with E-state index in [0.717, 1.165) is 17.7 Å². The molecule has 1 unspecified atom stereocenters. The van der Waals surface area contributed by atoms with E-state index in [9.17, 15) is 9.59 Å². The molecule has 4 nitrogen and oxygen atoms in total. The fourth-order valence-electron chi connectivity index (χ4n) is 1.33. The molecule has 1 aliphatic rings. The first-order valence-corrected chi connectivity index (χ1v) is 5.81. The number of hydrogen-bond donors (Lipinski definition) is 0. The molecule has 0 aliphatic carbocycles. The summed E-state index contributed by atoms with van der Waals surface area (Å²) in [7, 11) is 0. The molecular formula is C10H14BrNO3. The van der Waals surface area contributed by atoms with Gasteiger partial charge in [-0.25, -0.2) is 9.69 Å². The lowest BCUT2D eigenvalue weighted by molar-refractivity contribution is -0.127. The minimum atomic E-state index is -0.534. The Balaban J connectivity index is 2.38. The van der Waals surface area contributed by atoms with Gasteiger partial charge in [-0.05, 0) is 19.3 Å². The summed E-state index contributed by atoms with van der Waals surface area (Å²) >= 11 is 3.28. The van der Waals surface area contributed by atoms with Crippen molar-refractivity contribution in [2.45, 2.75) is 24.1 Å². The molecule has 0 saturated carbocycles. The molecule has 0 aromatic carbocycles. The van der Waals surface area contributed by atoms with Crippen LogP contribution in [0.4, 0.5) is 4.79 Å². The van der Waals surface area contributed by atoms with Crippen LogP contribution in [-0.2, 0) is 9.53 Å². The number of alkyl halides is 1. The first-order valence-electron chi connectivity index (χ1n) is 4.90. The normalized spacial score (nSPS) is 17.4. The van der Waals surface area contributed by atoms with Crippen LogP contribution in [0.2, 0.25) is 0 Å². The molecule has 15 heavy (non-hydrogen) atoms. The summed E-state index contributed by atoms with van der Waals surface area (Å²) in [5.41, 5.74) is 0. The molecule has 84 valence electrons. The first-order chi connectivity index (χ1) is 7.16. The van der Waals surface area contributed by atoms with Gasteiger partial charge in [-0.15, -0.1) is 6.58 Å². The smallest absolute Gasteiger partial charge is 0.416 e. The second kappa shape index (κ2) is 5.90. The van der Waals surface area contributed by atoms with Crippen LogP contribution in [0.3, 0.4) is 0 Å². The molecule has 1 saturated heterocycles. The highest BCUT2D eigenvalue weighted by Gasteiger charge is 2.31. The molecule has 0 bridgehead atoms. The molecule has 0 radical (unpaired) electrons. The van der Waals surface area contributed by atoms with Crippen molar-refractivity contribution in [3.8, 4) is 0 Å². The third-order valence-electron chi connectivity index (χ3n) is 2.16. The van der Waals surface area contributed by atoms with Crippen molar-refractivity contribution >= 4 is 27.9 Å². The van der Waals surface area contributed by atoms with Gasteiger partial charge in [-0.1, -0.05) is 22.0 Å². The zero-order valence-electron chi connectivity index (χ0n) is 8.45. The highest BCUT2D eigenvalue weighted by molar-refractivity contribution is 9.10. The third-order valence-corrected chi connectivity index (χ3v) is 3.01. The van der Waals surface area contributed by atoms with Gasteiger partial charge in [-0.2, -0.15) is 0 Å². The van der Waals surface area contributed by atoms with Crippen LogP contribution < -0.4 is 0 Å². The van der Waals surface area contributed by atoms with E-state index in [1.165, 1.54) is 0 Å². The number of unbranched alkanes of at least 4 members (excludes halogenated alkanes) is 1. The fourth-order valence-corrected chi connectivity index (χ4v) is 1.90. The Labute approximate surface area is 97.4 Å². The van der Waals surface area contributed by atoms with Gasteiger partial charge in [0.05, 0.1) is 11.4 Å². The number of allylic oxidation sites excluding steroid dienone is 1. The average Bonchev–Trinajstić information content (AvgIpc) is 2.63. The molecule has 2 amide bonds. The SMILES string of the molecule is C=CCCCC(Br)C(=O)N1CCOC1=O. The van der Waals surface area contributed by atoms with E-state index < -0.39 is 6.09 Å². The maximum atomic E-state index is 11.7. The van der Waals surface area contributed by atoms with E-state index in [4.69, 9.17) is 4.74 Å². The van der Waals surface area contributed by atoms with E-state index in [1.54, 1.807) is 0 Å². The van der Waals surface area contributed by atoms with Crippen molar-refractivity contribution < 1.29 is 14.3 Å². The topological polar surface area (TPSA) is 46.6 Å². The molecule has 1 atom stereocenters. The number of rotatable bonds is 5. The highest BCUT2D eigenvalue weighted by atomic mass is 79.9. The number of hydrogen-bond acceptors (Lipinski definition) is 3. The zero-order valence-corrected chi connectivity index (χ0v) is 10.0. The predicted octanol–water partition coefficient (Wildman–Crippen LogP) is 2.08. The molecule has 0 N–H and O–H groups in total. The summed E-state index contributed by atoms with van der Waals surface area (Å²) in [5.74, 6) is -0.207. The molecular weight excluding hydrogens is 262 g/mol.